The van der Waals surface area contributed by atoms with E-state index in [-0.39, 0.29) is 12.3 Å². The van der Waals surface area contributed by atoms with E-state index in [4.69, 9.17) is 10.3 Å². The van der Waals surface area contributed by atoms with Crippen LogP contribution in [0.2, 0.25) is 0 Å². The summed E-state index contributed by atoms with van der Waals surface area (Å²) in [6, 6.07) is 8.31. The van der Waals surface area contributed by atoms with Gasteiger partial charge in [0.15, 0.2) is 5.76 Å². The average Bonchev–Trinajstić information content (AvgIpc) is 2.83. The average molecular weight is 267 g/mol. The Morgan fingerprint density at radius 2 is 1.94 bits per heavy atom. The largest absolute Gasteiger partial charge is 0.399 e. The molecular formula is C11H13N3O3S. The van der Waals surface area contributed by atoms with E-state index in [0.717, 1.165) is 0 Å². The number of nitrogens with two attached hydrogens (primary N) is 1. The lowest BCUT2D eigenvalue weighted by Crippen LogP contribution is -2.24. The SMILES string of the molecule is Nc1ccc(CS(=O)(=O)NCc2ccno2)cc1. The van der Waals surface area contributed by atoms with Crippen molar-refractivity contribution < 1.29 is 12.9 Å². The summed E-state index contributed by atoms with van der Waals surface area (Å²) >= 11 is 0. The molecule has 0 spiro atoms. The first kappa shape index (κ1) is 12.6. The van der Waals surface area contributed by atoms with Gasteiger partial charge in [0.25, 0.3) is 0 Å². The first-order valence-corrected chi connectivity index (χ1v) is 6.92. The van der Waals surface area contributed by atoms with Gasteiger partial charge in [-0.3, -0.25) is 0 Å². The van der Waals surface area contributed by atoms with Crippen molar-refractivity contribution in [2.45, 2.75) is 12.3 Å². The minimum absolute atomic E-state index is 0.0945. The van der Waals surface area contributed by atoms with Crippen LogP contribution < -0.4 is 10.5 Å². The van der Waals surface area contributed by atoms with Gasteiger partial charge in [-0.2, -0.15) is 0 Å². The van der Waals surface area contributed by atoms with Gasteiger partial charge in [0.2, 0.25) is 10.0 Å². The lowest BCUT2D eigenvalue weighted by molar-refractivity contribution is 0.380. The van der Waals surface area contributed by atoms with Crippen LogP contribution in [0.15, 0.2) is 41.1 Å². The Morgan fingerprint density at radius 3 is 2.56 bits per heavy atom. The van der Waals surface area contributed by atoms with Crippen LogP contribution in [-0.4, -0.2) is 13.6 Å². The maximum Gasteiger partial charge on any atom is 0.216 e. The highest BCUT2D eigenvalue weighted by Gasteiger charge is 2.12. The van der Waals surface area contributed by atoms with Gasteiger partial charge in [0.1, 0.15) is 0 Å². The van der Waals surface area contributed by atoms with Crippen molar-refractivity contribution in [3.63, 3.8) is 0 Å². The molecule has 0 aliphatic rings. The van der Waals surface area contributed by atoms with Crippen molar-refractivity contribution in [3.05, 3.63) is 47.9 Å². The monoisotopic (exact) mass is 267 g/mol. The van der Waals surface area contributed by atoms with Crippen molar-refractivity contribution >= 4 is 15.7 Å². The molecule has 7 heteroatoms. The molecule has 0 saturated carbocycles. The molecule has 6 nitrogen and oxygen atoms in total. The van der Waals surface area contributed by atoms with Gasteiger partial charge in [-0.05, 0) is 17.7 Å². The van der Waals surface area contributed by atoms with Crippen LogP contribution in [0.4, 0.5) is 5.69 Å². The maximum absolute atomic E-state index is 11.8. The molecule has 1 heterocycles. The quantitative estimate of drug-likeness (QED) is 0.783. The van der Waals surface area contributed by atoms with E-state index >= 15 is 0 Å². The summed E-state index contributed by atoms with van der Waals surface area (Å²) in [5.41, 5.74) is 6.81. The standard InChI is InChI=1S/C11H13N3O3S/c12-10-3-1-9(2-4-10)8-18(15,16)14-7-11-5-6-13-17-11/h1-6,14H,7-8,12H2. The maximum atomic E-state index is 11.8. The van der Waals surface area contributed by atoms with Crippen LogP contribution in [0, 0.1) is 0 Å². The van der Waals surface area contributed by atoms with Crippen LogP contribution >= 0.6 is 0 Å². The number of aromatic nitrogens is 1. The molecule has 0 amide bonds. The third-order valence-electron chi connectivity index (χ3n) is 2.29. The summed E-state index contributed by atoms with van der Waals surface area (Å²) in [6.45, 7) is 0.0945. The zero-order valence-corrected chi connectivity index (χ0v) is 10.4. The fraction of sp³-hybridized carbons (Fsp3) is 0.182. The highest BCUT2D eigenvalue weighted by molar-refractivity contribution is 7.88. The van der Waals surface area contributed by atoms with E-state index in [9.17, 15) is 8.42 Å². The van der Waals surface area contributed by atoms with Gasteiger partial charge in [0, 0.05) is 11.8 Å². The fourth-order valence-corrected chi connectivity index (χ4v) is 2.49. The Labute approximate surface area is 105 Å². The van der Waals surface area contributed by atoms with E-state index in [1.165, 1.54) is 6.20 Å². The molecule has 2 rings (SSSR count). The van der Waals surface area contributed by atoms with Gasteiger partial charge in [-0.15, -0.1) is 0 Å². The number of benzene rings is 1. The summed E-state index contributed by atoms with van der Waals surface area (Å²) < 4.78 is 30.8. The second-order valence-corrected chi connectivity index (χ2v) is 5.61. The van der Waals surface area contributed by atoms with E-state index < -0.39 is 10.0 Å². The molecule has 96 valence electrons. The Balaban J connectivity index is 1.97. The highest BCUT2D eigenvalue weighted by atomic mass is 32.2. The summed E-state index contributed by atoms with van der Waals surface area (Å²) in [4.78, 5) is 0. The smallest absolute Gasteiger partial charge is 0.216 e. The normalized spacial score (nSPS) is 11.6. The van der Waals surface area contributed by atoms with Crippen LogP contribution in [0.3, 0.4) is 0 Å². The van der Waals surface area contributed by atoms with Gasteiger partial charge in [-0.25, -0.2) is 13.1 Å². The minimum atomic E-state index is -3.40. The number of nitrogens with one attached hydrogen (secondary N) is 1. The molecule has 3 N–H and O–H groups in total. The lowest BCUT2D eigenvalue weighted by atomic mass is 10.2. The second-order valence-electron chi connectivity index (χ2n) is 3.80. The number of hydrogen-bond acceptors (Lipinski definition) is 5. The number of rotatable bonds is 5. The minimum Gasteiger partial charge on any atom is -0.399 e. The van der Waals surface area contributed by atoms with E-state index in [2.05, 4.69) is 9.88 Å². The van der Waals surface area contributed by atoms with Gasteiger partial charge >= 0.3 is 0 Å². The molecule has 0 radical (unpaired) electrons. The number of nitrogen functional groups attached to an aromatic ring is 1. The van der Waals surface area contributed by atoms with Crippen molar-refractivity contribution in [1.82, 2.24) is 9.88 Å². The Kier molecular flexibility index (Phi) is 3.63. The molecule has 0 unspecified atom stereocenters. The third-order valence-corrected chi connectivity index (χ3v) is 3.59. The van der Waals surface area contributed by atoms with Crippen LogP contribution in [-0.2, 0) is 22.3 Å². The summed E-state index contributed by atoms with van der Waals surface area (Å²) in [5.74, 6) is 0.373. The van der Waals surface area contributed by atoms with E-state index in [1.54, 1.807) is 30.3 Å². The molecule has 0 aliphatic heterocycles. The van der Waals surface area contributed by atoms with Gasteiger partial charge < -0.3 is 10.3 Å². The van der Waals surface area contributed by atoms with E-state index in [1.807, 2.05) is 0 Å². The Hall–Kier alpha value is -1.86. The van der Waals surface area contributed by atoms with Crippen molar-refractivity contribution in [1.29, 1.82) is 0 Å². The lowest BCUT2D eigenvalue weighted by Gasteiger charge is -2.05. The number of anilines is 1. The summed E-state index contributed by atoms with van der Waals surface area (Å²) in [7, 11) is -3.40. The molecule has 0 atom stereocenters. The number of sulfonamides is 1. The van der Waals surface area contributed by atoms with Gasteiger partial charge in [-0.1, -0.05) is 17.3 Å². The van der Waals surface area contributed by atoms with Crippen LogP contribution in [0.25, 0.3) is 0 Å². The zero-order valence-electron chi connectivity index (χ0n) is 9.54. The fourth-order valence-electron chi connectivity index (χ4n) is 1.40. The molecule has 0 aliphatic carbocycles. The molecule has 1 aromatic heterocycles. The summed E-state index contributed by atoms with van der Waals surface area (Å²) in [5, 5.41) is 3.49. The predicted octanol–water partition coefficient (Wildman–Crippen LogP) is 0.876. The van der Waals surface area contributed by atoms with Crippen molar-refractivity contribution in [2.75, 3.05) is 5.73 Å². The first-order valence-electron chi connectivity index (χ1n) is 5.26. The molecular weight excluding hydrogens is 254 g/mol. The Morgan fingerprint density at radius 1 is 1.22 bits per heavy atom. The number of nitrogens with zero attached hydrogens (tertiary/aromatic N) is 1. The van der Waals surface area contributed by atoms with Crippen LogP contribution in [0.5, 0.6) is 0 Å². The molecule has 2 aromatic rings. The van der Waals surface area contributed by atoms with Gasteiger partial charge in [0.05, 0.1) is 18.5 Å². The van der Waals surface area contributed by atoms with Crippen molar-refractivity contribution in [2.24, 2.45) is 0 Å². The predicted molar refractivity (Wildman–Crippen MR) is 66.8 cm³/mol. The third kappa shape index (κ3) is 3.57. The zero-order chi connectivity index (χ0) is 13.0. The molecule has 0 fully saturated rings. The van der Waals surface area contributed by atoms with Crippen molar-refractivity contribution in [3.8, 4) is 0 Å². The van der Waals surface area contributed by atoms with Crippen LogP contribution in [0.1, 0.15) is 11.3 Å². The molecule has 0 saturated heterocycles. The molecule has 18 heavy (non-hydrogen) atoms. The first-order chi connectivity index (χ1) is 8.55. The molecule has 0 bridgehead atoms. The molecule has 1 aromatic carbocycles. The second kappa shape index (κ2) is 5.19. The summed E-state index contributed by atoms with van der Waals surface area (Å²) in [6.07, 6.45) is 1.46. The highest BCUT2D eigenvalue weighted by Crippen LogP contribution is 2.09. The Bertz CT molecular complexity index is 591. The number of hydrogen-bond donors (Lipinski definition) is 2. The van der Waals surface area contributed by atoms with E-state index in [0.29, 0.717) is 17.0 Å². The topological polar surface area (TPSA) is 98.2 Å².